The van der Waals surface area contributed by atoms with E-state index >= 15 is 0 Å². The van der Waals surface area contributed by atoms with Crippen molar-refractivity contribution in [2.75, 3.05) is 18.5 Å². The van der Waals surface area contributed by atoms with E-state index < -0.39 is 0 Å². The van der Waals surface area contributed by atoms with Crippen LogP contribution < -0.4 is 10.1 Å². The summed E-state index contributed by atoms with van der Waals surface area (Å²) in [7, 11) is 0. The molecule has 0 aliphatic heterocycles. The van der Waals surface area contributed by atoms with Gasteiger partial charge >= 0.3 is 0 Å². The Kier molecular flexibility index (Phi) is 4.64. The van der Waals surface area contributed by atoms with E-state index in [9.17, 15) is 0 Å². The van der Waals surface area contributed by atoms with E-state index in [1.807, 2.05) is 13.8 Å². The van der Waals surface area contributed by atoms with E-state index in [0.717, 1.165) is 30.8 Å². The quantitative estimate of drug-likeness (QED) is 0.835. The summed E-state index contributed by atoms with van der Waals surface area (Å²) in [5.41, 5.74) is 0.972. The van der Waals surface area contributed by atoms with Gasteiger partial charge in [-0.15, -0.1) is 11.6 Å². The van der Waals surface area contributed by atoms with Gasteiger partial charge in [0.25, 0.3) is 0 Å². The van der Waals surface area contributed by atoms with Gasteiger partial charge in [0, 0.05) is 11.9 Å². The minimum absolute atomic E-state index is 0.349. The maximum Gasteiger partial charge on any atom is 0.221 e. The zero-order valence-electron chi connectivity index (χ0n) is 10.9. The predicted molar refractivity (Wildman–Crippen MR) is 73.4 cm³/mol. The monoisotopic (exact) mass is 269 g/mol. The van der Waals surface area contributed by atoms with E-state index in [1.165, 1.54) is 6.42 Å². The van der Waals surface area contributed by atoms with Gasteiger partial charge in [-0.1, -0.05) is 0 Å². The van der Waals surface area contributed by atoms with Crippen LogP contribution >= 0.6 is 11.6 Å². The Hall–Kier alpha value is -1.03. The van der Waals surface area contributed by atoms with Gasteiger partial charge in [-0.3, -0.25) is 0 Å². The van der Waals surface area contributed by atoms with Crippen LogP contribution in [0.15, 0.2) is 6.33 Å². The molecule has 1 aliphatic carbocycles. The van der Waals surface area contributed by atoms with Gasteiger partial charge in [-0.25, -0.2) is 9.97 Å². The van der Waals surface area contributed by atoms with E-state index in [1.54, 1.807) is 6.33 Å². The smallest absolute Gasteiger partial charge is 0.221 e. The first-order valence-electron chi connectivity index (χ1n) is 6.53. The lowest BCUT2D eigenvalue weighted by atomic mass is 10.1. The molecule has 4 nitrogen and oxygen atoms in total. The maximum absolute atomic E-state index is 6.11. The summed E-state index contributed by atoms with van der Waals surface area (Å²) >= 11 is 6.11. The Bertz CT molecular complexity index is 400. The van der Waals surface area contributed by atoms with Crippen LogP contribution in [0.5, 0.6) is 5.88 Å². The molecule has 0 bridgehead atoms. The first-order valence-corrected chi connectivity index (χ1v) is 6.96. The van der Waals surface area contributed by atoms with E-state index in [2.05, 4.69) is 15.3 Å². The first-order chi connectivity index (χ1) is 8.70. The third kappa shape index (κ3) is 3.25. The van der Waals surface area contributed by atoms with Crippen molar-refractivity contribution >= 4 is 17.4 Å². The Labute approximate surface area is 113 Å². The van der Waals surface area contributed by atoms with Crippen LogP contribution in [0, 0.1) is 12.8 Å². The fraction of sp³-hybridized carbons (Fsp3) is 0.692. The Morgan fingerprint density at radius 1 is 1.44 bits per heavy atom. The molecular formula is C13H20ClN3O. The summed E-state index contributed by atoms with van der Waals surface area (Å²) in [5.74, 6) is 2.18. The molecule has 0 saturated heterocycles. The molecule has 1 fully saturated rings. The molecular weight excluding hydrogens is 250 g/mol. The van der Waals surface area contributed by atoms with Crippen LogP contribution in [0.25, 0.3) is 0 Å². The molecule has 1 aliphatic rings. The van der Waals surface area contributed by atoms with Gasteiger partial charge in [0.05, 0.1) is 12.2 Å². The van der Waals surface area contributed by atoms with E-state index in [-0.39, 0.29) is 0 Å². The number of halogens is 1. The highest BCUT2D eigenvalue weighted by Gasteiger charge is 2.22. The lowest BCUT2D eigenvalue weighted by Gasteiger charge is -2.14. The molecule has 0 spiro atoms. The summed E-state index contributed by atoms with van der Waals surface area (Å²) in [6, 6.07) is 0. The van der Waals surface area contributed by atoms with Gasteiger partial charge in [0.1, 0.15) is 12.1 Å². The molecule has 2 unspecified atom stereocenters. The van der Waals surface area contributed by atoms with Crippen LogP contribution in [-0.4, -0.2) is 28.5 Å². The lowest BCUT2D eigenvalue weighted by Crippen LogP contribution is -2.14. The normalized spacial score (nSPS) is 23.1. The summed E-state index contributed by atoms with van der Waals surface area (Å²) in [4.78, 5) is 8.39. The summed E-state index contributed by atoms with van der Waals surface area (Å²) < 4.78 is 5.45. The second kappa shape index (κ2) is 6.23. The van der Waals surface area contributed by atoms with Crippen molar-refractivity contribution in [3.63, 3.8) is 0 Å². The van der Waals surface area contributed by atoms with Gasteiger partial charge in [-0.2, -0.15) is 0 Å². The molecule has 1 heterocycles. The Morgan fingerprint density at radius 3 is 2.94 bits per heavy atom. The lowest BCUT2D eigenvalue weighted by molar-refractivity contribution is 0.324. The standard InChI is InChI=1S/C13H20ClN3O/c1-3-18-13-9(2)12(16-8-17-13)15-7-10-4-5-11(14)6-10/h8,10-11H,3-7H2,1-2H3,(H,15,16,17). The van der Waals surface area contributed by atoms with Gasteiger partial charge < -0.3 is 10.1 Å². The summed E-state index contributed by atoms with van der Waals surface area (Å²) in [6.07, 6.45) is 4.96. The highest BCUT2D eigenvalue weighted by molar-refractivity contribution is 6.20. The molecule has 1 N–H and O–H groups in total. The van der Waals surface area contributed by atoms with Crippen molar-refractivity contribution in [2.45, 2.75) is 38.5 Å². The van der Waals surface area contributed by atoms with E-state index in [4.69, 9.17) is 16.3 Å². The summed E-state index contributed by atoms with van der Waals surface area (Å²) in [6.45, 7) is 5.47. The van der Waals surface area contributed by atoms with Gasteiger partial charge in [0.2, 0.25) is 5.88 Å². The fourth-order valence-corrected chi connectivity index (χ4v) is 2.71. The van der Waals surface area contributed by atoms with Gasteiger partial charge in [0.15, 0.2) is 0 Å². The SMILES string of the molecule is CCOc1ncnc(NCC2CCC(Cl)C2)c1C. The maximum atomic E-state index is 6.11. The number of nitrogens with one attached hydrogen (secondary N) is 1. The highest BCUT2D eigenvalue weighted by Crippen LogP contribution is 2.30. The summed E-state index contributed by atoms with van der Waals surface area (Å²) in [5, 5.41) is 3.73. The zero-order chi connectivity index (χ0) is 13.0. The average Bonchev–Trinajstić information content (AvgIpc) is 2.77. The minimum atomic E-state index is 0.349. The minimum Gasteiger partial charge on any atom is -0.478 e. The topological polar surface area (TPSA) is 47.0 Å². The van der Waals surface area contributed by atoms with E-state index in [0.29, 0.717) is 23.8 Å². The van der Waals surface area contributed by atoms with Crippen molar-refractivity contribution in [1.82, 2.24) is 9.97 Å². The molecule has 5 heteroatoms. The molecule has 2 rings (SSSR count). The van der Waals surface area contributed by atoms with Gasteiger partial charge in [-0.05, 0) is 39.0 Å². The first kappa shape index (κ1) is 13.4. The number of hydrogen-bond donors (Lipinski definition) is 1. The van der Waals surface area contributed by atoms with Crippen LogP contribution in [-0.2, 0) is 0 Å². The van der Waals surface area contributed by atoms with Crippen LogP contribution in [0.3, 0.4) is 0 Å². The number of rotatable bonds is 5. The number of anilines is 1. The molecule has 100 valence electrons. The number of aromatic nitrogens is 2. The Morgan fingerprint density at radius 2 is 2.28 bits per heavy atom. The zero-order valence-corrected chi connectivity index (χ0v) is 11.7. The van der Waals surface area contributed by atoms with Crippen molar-refractivity contribution in [1.29, 1.82) is 0 Å². The number of hydrogen-bond acceptors (Lipinski definition) is 4. The number of ether oxygens (including phenoxy) is 1. The number of nitrogens with zero attached hydrogens (tertiary/aromatic N) is 2. The Balaban J connectivity index is 1.94. The largest absolute Gasteiger partial charge is 0.478 e. The van der Waals surface area contributed by atoms with Crippen LogP contribution in [0.2, 0.25) is 0 Å². The molecule has 1 aromatic rings. The molecule has 0 aromatic carbocycles. The molecule has 18 heavy (non-hydrogen) atoms. The third-order valence-corrected chi connectivity index (χ3v) is 3.75. The second-order valence-corrected chi connectivity index (χ2v) is 5.36. The van der Waals surface area contributed by atoms with Crippen molar-refractivity contribution in [3.8, 4) is 5.88 Å². The second-order valence-electron chi connectivity index (χ2n) is 4.74. The molecule has 1 saturated carbocycles. The average molecular weight is 270 g/mol. The molecule has 0 radical (unpaired) electrons. The fourth-order valence-electron chi connectivity index (χ4n) is 2.33. The van der Waals surface area contributed by atoms with Crippen molar-refractivity contribution in [3.05, 3.63) is 11.9 Å². The molecule has 1 aromatic heterocycles. The third-order valence-electron chi connectivity index (χ3n) is 3.35. The van der Waals surface area contributed by atoms with Crippen molar-refractivity contribution < 1.29 is 4.74 Å². The van der Waals surface area contributed by atoms with Crippen molar-refractivity contribution in [2.24, 2.45) is 5.92 Å². The number of alkyl halides is 1. The molecule has 0 amide bonds. The predicted octanol–water partition coefficient (Wildman–Crippen LogP) is 3.00. The highest BCUT2D eigenvalue weighted by atomic mass is 35.5. The van der Waals surface area contributed by atoms with Crippen LogP contribution in [0.1, 0.15) is 31.7 Å². The van der Waals surface area contributed by atoms with Crippen LogP contribution in [0.4, 0.5) is 5.82 Å². The molecule has 2 atom stereocenters.